The molecule has 0 saturated carbocycles. The standard InChI is InChI=1S/C16H23NO2/c1-11(2)15(16(18)19)17-10-12-7-8-13-5-3-4-6-14(13)9-12/h7-9,11,15,17H,3-6,10H2,1-2H3,(H,18,19)/t15-/m1/s1. The molecule has 0 aliphatic heterocycles. The van der Waals surface area contributed by atoms with Crippen LogP contribution >= 0.6 is 0 Å². The summed E-state index contributed by atoms with van der Waals surface area (Å²) in [5, 5.41) is 12.3. The smallest absolute Gasteiger partial charge is 0.320 e. The average Bonchev–Trinajstić information content (AvgIpc) is 2.38. The molecule has 0 aromatic heterocycles. The van der Waals surface area contributed by atoms with Crippen LogP contribution in [0.15, 0.2) is 18.2 Å². The Balaban J connectivity index is 2.01. The van der Waals surface area contributed by atoms with E-state index in [2.05, 4.69) is 23.5 Å². The van der Waals surface area contributed by atoms with Gasteiger partial charge in [-0.05, 0) is 48.3 Å². The maximum absolute atomic E-state index is 11.1. The third-order valence-corrected chi connectivity index (χ3v) is 3.87. The van der Waals surface area contributed by atoms with Gasteiger partial charge in [0.2, 0.25) is 0 Å². The summed E-state index contributed by atoms with van der Waals surface area (Å²) in [5.74, 6) is -0.678. The van der Waals surface area contributed by atoms with Gasteiger partial charge in [0.05, 0.1) is 0 Å². The summed E-state index contributed by atoms with van der Waals surface area (Å²) in [6, 6.07) is 6.09. The van der Waals surface area contributed by atoms with Crippen molar-refractivity contribution in [3.8, 4) is 0 Å². The molecule has 0 bridgehead atoms. The minimum absolute atomic E-state index is 0.0927. The van der Waals surface area contributed by atoms with Gasteiger partial charge in [-0.25, -0.2) is 0 Å². The van der Waals surface area contributed by atoms with E-state index in [0.29, 0.717) is 6.54 Å². The van der Waals surface area contributed by atoms with Gasteiger partial charge in [-0.3, -0.25) is 4.79 Å². The van der Waals surface area contributed by atoms with Crippen molar-refractivity contribution in [1.82, 2.24) is 5.32 Å². The topological polar surface area (TPSA) is 49.3 Å². The van der Waals surface area contributed by atoms with E-state index in [4.69, 9.17) is 5.11 Å². The molecule has 2 N–H and O–H groups in total. The van der Waals surface area contributed by atoms with Gasteiger partial charge in [-0.15, -0.1) is 0 Å². The second-order valence-corrected chi connectivity index (χ2v) is 5.75. The van der Waals surface area contributed by atoms with Crippen molar-refractivity contribution in [1.29, 1.82) is 0 Å². The van der Waals surface area contributed by atoms with E-state index in [9.17, 15) is 4.79 Å². The van der Waals surface area contributed by atoms with Crippen LogP contribution in [0.4, 0.5) is 0 Å². The van der Waals surface area contributed by atoms with E-state index >= 15 is 0 Å². The Morgan fingerprint density at radius 1 is 1.26 bits per heavy atom. The van der Waals surface area contributed by atoms with Gasteiger partial charge in [0.1, 0.15) is 6.04 Å². The summed E-state index contributed by atoms with van der Waals surface area (Å²) in [5.41, 5.74) is 4.10. The van der Waals surface area contributed by atoms with Crippen LogP contribution in [0.5, 0.6) is 0 Å². The first-order chi connectivity index (χ1) is 9.08. The van der Waals surface area contributed by atoms with Crippen LogP contribution in [0.2, 0.25) is 0 Å². The quantitative estimate of drug-likeness (QED) is 0.857. The maximum atomic E-state index is 11.1. The molecular weight excluding hydrogens is 238 g/mol. The SMILES string of the molecule is CC(C)[C@@H](NCc1ccc2c(c1)CCCC2)C(=O)O. The normalized spacial score (nSPS) is 16.2. The van der Waals surface area contributed by atoms with Gasteiger partial charge in [-0.1, -0.05) is 32.0 Å². The number of carboxylic acids is 1. The number of hydrogen-bond donors (Lipinski definition) is 2. The van der Waals surface area contributed by atoms with Crippen LogP contribution in [0, 0.1) is 5.92 Å². The summed E-state index contributed by atoms with van der Waals surface area (Å²) < 4.78 is 0. The first kappa shape index (κ1) is 14.1. The number of rotatable bonds is 5. The zero-order valence-electron chi connectivity index (χ0n) is 11.8. The van der Waals surface area contributed by atoms with Crippen molar-refractivity contribution in [2.45, 2.75) is 52.1 Å². The van der Waals surface area contributed by atoms with E-state index in [1.807, 2.05) is 13.8 Å². The second kappa shape index (κ2) is 6.20. The lowest BCUT2D eigenvalue weighted by atomic mass is 9.90. The number of benzene rings is 1. The van der Waals surface area contributed by atoms with Gasteiger partial charge in [0.15, 0.2) is 0 Å². The Hall–Kier alpha value is -1.35. The van der Waals surface area contributed by atoms with Crippen molar-refractivity contribution in [3.63, 3.8) is 0 Å². The second-order valence-electron chi connectivity index (χ2n) is 5.75. The Kier molecular flexibility index (Phi) is 4.59. The molecule has 0 heterocycles. The van der Waals surface area contributed by atoms with Crippen LogP contribution in [0.3, 0.4) is 0 Å². The van der Waals surface area contributed by atoms with E-state index in [1.165, 1.54) is 36.0 Å². The lowest BCUT2D eigenvalue weighted by Crippen LogP contribution is -2.40. The fourth-order valence-electron chi connectivity index (χ4n) is 2.73. The third kappa shape index (κ3) is 3.57. The van der Waals surface area contributed by atoms with Gasteiger partial charge in [-0.2, -0.15) is 0 Å². The maximum Gasteiger partial charge on any atom is 0.320 e. The molecule has 104 valence electrons. The Morgan fingerprint density at radius 3 is 2.58 bits per heavy atom. The molecular formula is C16H23NO2. The Morgan fingerprint density at radius 2 is 1.95 bits per heavy atom. The van der Waals surface area contributed by atoms with Gasteiger partial charge in [0, 0.05) is 6.54 Å². The number of carbonyl (C=O) groups is 1. The van der Waals surface area contributed by atoms with Gasteiger partial charge >= 0.3 is 5.97 Å². The van der Waals surface area contributed by atoms with Crippen LogP contribution in [0.25, 0.3) is 0 Å². The van der Waals surface area contributed by atoms with Crippen LogP contribution in [0.1, 0.15) is 43.4 Å². The van der Waals surface area contributed by atoms with Crippen molar-refractivity contribution in [3.05, 3.63) is 34.9 Å². The number of fused-ring (bicyclic) bond motifs is 1. The van der Waals surface area contributed by atoms with E-state index in [1.54, 1.807) is 0 Å². The molecule has 1 atom stereocenters. The number of aryl methyl sites for hydroxylation is 2. The molecule has 0 unspecified atom stereocenters. The van der Waals surface area contributed by atoms with Gasteiger partial charge in [0.25, 0.3) is 0 Å². The number of hydrogen-bond acceptors (Lipinski definition) is 2. The molecule has 1 aliphatic carbocycles. The largest absolute Gasteiger partial charge is 0.480 e. The monoisotopic (exact) mass is 261 g/mol. The summed E-state index contributed by atoms with van der Waals surface area (Å²) in [6.45, 7) is 4.49. The molecule has 0 fully saturated rings. The minimum Gasteiger partial charge on any atom is -0.480 e. The number of aliphatic carboxylic acids is 1. The molecule has 1 aromatic carbocycles. The highest BCUT2D eigenvalue weighted by molar-refractivity contribution is 5.73. The van der Waals surface area contributed by atoms with Crippen molar-refractivity contribution >= 4 is 5.97 Å². The molecule has 1 aromatic rings. The highest BCUT2D eigenvalue weighted by Crippen LogP contribution is 2.22. The van der Waals surface area contributed by atoms with Crippen molar-refractivity contribution in [2.24, 2.45) is 5.92 Å². The predicted octanol–water partition coefficient (Wildman–Crippen LogP) is 2.76. The third-order valence-electron chi connectivity index (χ3n) is 3.87. The Labute approximate surface area is 115 Å². The molecule has 1 aliphatic rings. The minimum atomic E-state index is -0.770. The predicted molar refractivity (Wildman–Crippen MR) is 76.2 cm³/mol. The van der Waals surface area contributed by atoms with Crippen LogP contribution in [-0.4, -0.2) is 17.1 Å². The zero-order valence-corrected chi connectivity index (χ0v) is 11.8. The molecule has 19 heavy (non-hydrogen) atoms. The van der Waals surface area contributed by atoms with Crippen LogP contribution < -0.4 is 5.32 Å². The fourth-order valence-corrected chi connectivity index (χ4v) is 2.73. The summed E-state index contributed by atoms with van der Waals surface area (Å²) in [6.07, 6.45) is 4.91. The molecule has 3 nitrogen and oxygen atoms in total. The molecule has 0 spiro atoms. The lowest BCUT2D eigenvalue weighted by molar-refractivity contribution is -0.140. The summed E-state index contributed by atoms with van der Waals surface area (Å²) >= 11 is 0. The van der Waals surface area contributed by atoms with Crippen LogP contribution in [-0.2, 0) is 24.2 Å². The molecule has 0 amide bonds. The van der Waals surface area contributed by atoms with E-state index in [0.717, 1.165) is 6.42 Å². The zero-order chi connectivity index (χ0) is 13.8. The van der Waals surface area contributed by atoms with Crippen molar-refractivity contribution < 1.29 is 9.90 Å². The number of carboxylic acid groups (broad SMARTS) is 1. The average molecular weight is 261 g/mol. The highest BCUT2D eigenvalue weighted by atomic mass is 16.4. The van der Waals surface area contributed by atoms with E-state index < -0.39 is 12.0 Å². The molecule has 0 saturated heterocycles. The highest BCUT2D eigenvalue weighted by Gasteiger charge is 2.20. The molecule has 3 heteroatoms. The lowest BCUT2D eigenvalue weighted by Gasteiger charge is -2.20. The van der Waals surface area contributed by atoms with Crippen molar-refractivity contribution in [2.75, 3.05) is 0 Å². The van der Waals surface area contributed by atoms with E-state index in [-0.39, 0.29) is 5.92 Å². The van der Waals surface area contributed by atoms with Gasteiger partial charge < -0.3 is 10.4 Å². The Bertz CT molecular complexity index is 454. The molecule has 2 rings (SSSR count). The number of nitrogens with one attached hydrogen (secondary N) is 1. The molecule has 0 radical (unpaired) electrons. The first-order valence-electron chi connectivity index (χ1n) is 7.15. The first-order valence-corrected chi connectivity index (χ1v) is 7.15. The summed E-state index contributed by atoms with van der Waals surface area (Å²) in [7, 11) is 0. The fraction of sp³-hybridized carbons (Fsp3) is 0.562. The summed E-state index contributed by atoms with van der Waals surface area (Å²) in [4.78, 5) is 11.1.